The zero-order valence-electron chi connectivity index (χ0n) is 12.0. The summed E-state index contributed by atoms with van der Waals surface area (Å²) < 4.78 is 11.9. The van der Waals surface area contributed by atoms with Crippen LogP contribution in [0.15, 0.2) is 28.7 Å². The molecule has 0 atom stereocenters. The van der Waals surface area contributed by atoms with Crippen molar-refractivity contribution in [3.63, 3.8) is 0 Å². The number of benzene rings is 1. The zero-order chi connectivity index (χ0) is 13.9. The van der Waals surface area contributed by atoms with E-state index in [1.54, 1.807) is 0 Å². The maximum atomic E-state index is 6.08. The largest absolute Gasteiger partial charge is 0.459 e. The van der Waals surface area contributed by atoms with Crippen LogP contribution in [-0.4, -0.2) is 31.1 Å². The molecule has 2 heterocycles. The maximum absolute atomic E-state index is 6.08. The fourth-order valence-corrected chi connectivity index (χ4v) is 2.83. The molecular weight excluding hydrogens is 252 g/mol. The second kappa shape index (κ2) is 5.95. The number of nitrogens with zero attached hydrogens (tertiary/aromatic N) is 1. The van der Waals surface area contributed by atoms with Gasteiger partial charge in [-0.2, -0.15) is 0 Å². The lowest BCUT2D eigenvalue weighted by Gasteiger charge is -2.28. The van der Waals surface area contributed by atoms with E-state index < -0.39 is 0 Å². The summed E-state index contributed by atoms with van der Waals surface area (Å²) in [7, 11) is 2.16. The normalized spacial score (nSPS) is 17.9. The summed E-state index contributed by atoms with van der Waals surface area (Å²) in [5.74, 6) is 0.846. The topological polar surface area (TPSA) is 51.6 Å². The summed E-state index contributed by atoms with van der Waals surface area (Å²) in [6.45, 7) is 3.24. The van der Waals surface area contributed by atoms with Gasteiger partial charge >= 0.3 is 0 Å². The van der Waals surface area contributed by atoms with Crippen molar-refractivity contribution in [2.24, 2.45) is 5.73 Å². The van der Waals surface area contributed by atoms with E-state index in [0.29, 0.717) is 19.3 Å². The molecule has 20 heavy (non-hydrogen) atoms. The Morgan fingerprint density at radius 3 is 2.80 bits per heavy atom. The van der Waals surface area contributed by atoms with Gasteiger partial charge in [-0.1, -0.05) is 18.2 Å². The number of fused-ring (bicyclic) bond motifs is 1. The number of para-hydroxylation sites is 1. The third kappa shape index (κ3) is 2.73. The van der Waals surface area contributed by atoms with Crippen LogP contribution in [0.4, 0.5) is 0 Å². The number of ether oxygens (including phenoxy) is 1. The van der Waals surface area contributed by atoms with Crippen molar-refractivity contribution in [1.29, 1.82) is 0 Å². The Balaban J connectivity index is 1.73. The van der Waals surface area contributed by atoms with Crippen LogP contribution >= 0.6 is 0 Å². The number of furan rings is 1. The minimum atomic E-state index is 0.352. The van der Waals surface area contributed by atoms with Crippen molar-refractivity contribution in [3.05, 3.63) is 35.6 Å². The van der Waals surface area contributed by atoms with E-state index in [1.807, 2.05) is 18.2 Å². The van der Waals surface area contributed by atoms with Gasteiger partial charge in [-0.15, -0.1) is 0 Å². The molecule has 1 fully saturated rings. The molecule has 0 spiro atoms. The molecule has 4 nitrogen and oxygen atoms in total. The number of piperidine rings is 1. The summed E-state index contributed by atoms with van der Waals surface area (Å²) in [6.07, 6.45) is 2.56. The second-order valence-corrected chi connectivity index (χ2v) is 5.52. The molecule has 0 bridgehead atoms. The predicted molar refractivity (Wildman–Crippen MR) is 79.4 cm³/mol. The van der Waals surface area contributed by atoms with E-state index >= 15 is 0 Å². The average molecular weight is 274 g/mol. The van der Waals surface area contributed by atoms with E-state index in [1.165, 1.54) is 0 Å². The Labute approximate surface area is 119 Å². The van der Waals surface area contributed by atoms with Crippen molar-refractivity contribution < 1.29 is 9.15 Å². The number of hydrogen-bond donors (Lipinski definition) is 1. The first-order valence-corrected chi connectivity index (χ1v) is 7.27. The van der Waals surface area contributed by atoms with Crippen molar-refractivity contribution in [2.45, 2.75) is 32.1 Å². The fourth-order valence-electron chi connectivity index (χ4n) is 2.83. The van der Waals surface area contributed by atoms with E-state index in [2.05, 4.69) is 18.0 Å². The molecule has 1 aromatic carbocycles. The van der Waals surface area contributed by atoms with Crippen LogP contribution < -0.4 is 5.73 Å². The molecule has 4 heteroatoms. The second-order valence-electron chi connectivity index (χ2n) is 5.52. The van der Waals surface area contributed by atoms with Crippen LogP contribution in [0, 0.1) is 0 Å². The van der Waals surface area contributed by atoms with Crippen LogP contribution in [-0.2, 0) is 17.9 Å². The van der Waals surface area contributed by atoms with Gasteiger partial charge in [-0.25, -0.2) is 0 Å². The SMILES string of the molecule is CN1CCC(OCc2c(CN)oc3ccccc23)CC1. The standard InChI is InChI=1S/C16H22N2O2/c1-18-8-6-12(7-9-18)19-11-14-13-4-2-3-5-15(13)20-16(14)10-17/h2-5,12H,6-11,17H2,1H3. The Kier molecular flexibility index (Phi) is 4.05. The first kappa shape index (κ1) is 13.6. The van der Waals surface area contributed by atoms with Crippen LogP contribution in [0.1, 0.15) is 24.2 Å². The Hall–Kier alpha value is -1.36. The summed E-state index contributed by atoms with van der Waals surface area (Å²) >= 11 is 0. The summed E-state index contributed by atoms with van der Waals surface area (Å²) in [6, 6.07) is 8.06. The molecule has 1 saturated heterocycles. The van der Waals surface area contributed by atoms with Gasteiger partial charge in [0, 0.05) is 24.0 Å². The summed E-state index contributed by atoms with van der Waals surface area (Å²) in [5.41, 5.74) is 7.80. The fraction of sp³-hybridized carbons (Fsp3) is 0.500. The summed E-state index contributed by atoms with van der Waals surface area (Å²) in [5, 5.41) is 1.13. The summed E-state index contributed by atoms with van der Waals surface area (Å²) in [4.78, 5) is 2.35. The molecule has 0 radical (unpaired) electrons. The van der Waals surface area contributed by atoms with Crippen molar-refractivity contribution in [1.82, 2.24) is 4.90 Å². The highest BCUT2D eigenvalue weighted by Gasteiger charge is 2.19. The first-order chi connectivity index (χ1) is 9.78. The molecule has 108 valence electrons. The van der Waals surface area contributed by atoms with E-state index in [9.17, 15) is 0 Å². The number of hydrogen-bond acceptors (Lipinski definition) is 4. The Morgan fingerprint density at radius 1 is 1.30 bits per heavy atom. The van der Waals surface area contributed by atoms with Crippen molar-refractivity contribution in [2.75, 3.05) is 20.1 Å². The minimum Gasteiger partial charge on any atom is -0.459 e. The van der Waals surface area contributed by atoms with Gasteiger partial charge in [0.2, 0.25) is 0 Å². The Bertz CT molecular complexity index is 571. The minimum absolute atomic E-state index is 0.352. The van der Waals surface area contributed by atoms with E-state index in [4.69, 9.17) is 14.9 Å². The van der Waals surface area contributed by atoms with Crippen LogP contribution in [0.5, 0.6) is 0 Å². The lowest BCUT2D eigenvalue weighted by molar-refractivity contribution is 0.00202. The smallest absolute Gasteiger partial charge is 0.134 e. The highest BCUT2D eigenvalue weighted by molar-refractivity contribution is 5.82. The van der Waals surface area contributed by atoms with Crippen LogP contribution in [0.3, 0.4) is 0 Å². The molecule has 2 aromatic rings. The molecule has 1 aliphatic rings. The highest BCUT2D eigenvalue weighted by Crippen LogP contribution is 2.27. The molecule has 0 amide bonds. The molecule has 0 saturated carbocycles. The predicted octanol–water partition coefficient (Wildman–Crippen LogP) is 2.50. The molecule has 1 aromatic heterocycles. The van der Waals surface area contributed by atoms with Gasteiger partial charge in [0.05, 0.1) is 19.3 Å². The lowest BCUT2D eigenvalue weighted by atomic mass is 10.1. The number of rotatable bonds is 4. The quantitative estimate of drug-likeness (QED) is 0.930. The van der Waals surface area contributed by atoms with Crippen LogP contribution in [0.2, 0.25) is 0 Å². The monoisotopic (exact) mass is 274 g/mol. The highest BCUT2D eigenvalue weighted by atomic mass is 16.5. The molecule has 3 rings (SSSR count). The van der Waals surface area contributed by atoms with Gasteiger partial charge in [0.25, 0.3) is 0 Å². The molecule has 0 unspecified atom stereocenters. The molecule has 1 aliphatic heterocycles. The van der Waals surface area contributed by atoms with Crippen LogP contribution in [0.25, 0.3) is 11.0 Å². The molecule has 2 N–H and O–H groups in total. The molecular formula is C16H22N2O2. The molecule has 0 aliphatic carbocycles. The van der Waals surface area contributed by atoms with E-state index in [0.717, 1.165) is 48.2 Å². The third-order valence-electron chi connectivity index (χ3n) is 4.10. The van der Waals surface area contributed by atoms with Gasteiger partial charge in [0.15, 0.2) is 0 Å². The maximum Gasteiger partial charge on any atom is 0.134 e. The van der Waals surface area contributed by atoms with Gasteiger partial charge in [-0.05, 0) is 26.0 Å². The third-order valence-corrected chi connectivity index (χ3v) is 4.10. The van der Waals surface area contributed by atoms with Gasteiger partial charge in [-0.3, -0.25) is 0 Å². The average Bonchev–Trinajstić information content (AvgIpc) is 2.84. The number of likely N-dealkylation sites (tertiary alicyclic amines) is 1. The van der Waals surface area contributed by atoms with Gasteiger partial charge < -0.3 is 19.8 Å². The number of nitrogens with two attached hydrogens (primary N) is 1. The lowest BCUT2D eigenvalue weighted by Crippen LogP contribution is -2.34. The first-order valence-electron chi connectivity index (χ1n) is 7.27. The zero-order valence-corrected chi connectivity index (χ0v) is 12.0. The van der Waals surface area contributed by atoms with Crippen molar-refractivity contribution in [3.8, 4) is 0 Å². The van der Waals surface area contributed by atoms with E-state index in [-0.39, 0.29) is 0 Å². The van der Waals surface area contributed by atoms with Crippen molar-refractivity contribution >= 4 is 11.0 Å². The van der Waals surface area contributed by atoms with Gasteiger partial charge in [0.1, 0.15) is 11.3 Å². The Morgan fingerprint density at radius 2 is 2.05 bits per heavy atom.